The molecule has 1 heterocycles. The third-order valence-corrected chi connectivity index (χ3v) is 4.72. The number of aliphatic hydroxyl groups is 1. The summed E-state index contributed by atoms with van der Waals surface area (Å²) in [6.07, 6.45) is 0.534. The molecule has 0 saturated carbocycles. The van der Waals surface area contributed by atoms with Crippen LogP contribution in [0.1, 0.15) is 23.6 Å². The summed E-state index contributed by atoms with van der Waals surface area (Å²) in [5, 5.41) is 23.1. The molecule has 0 aliphatic carbocycles. The summed E-state index contributed by atoms with van der Waals surface area (Å²) in [7, 11) is 0. The summed E-state index contributed by atoms with van der Waals surface area (Å²) in [6.45, 7) is 1.80. The topological polar surface area (TPSA) is 44.0 Å². The van der Waals surface area contributed by atoms with Crippen LogP contribution < -0.4 is 0 Å². The second-order valence-electron chi connectivity index (χ2n) is 5.40. The Kier molecular flexibility index (Phi) is 3.50. The first-order valence-corrected chi connectivity index (χ1v) is 7.66. The van der Waals surface area contributed by atoms with E-state index < -0.39 is 5.60 Å². The zero-order valence-corrected chi connectivity index (χ0v) is 12.5. The first-order chi connectivity index (χ1) is 10.1. The Hall–Kier alpha value is -2.15. The van der Waals surface area contributed by atoms with Gasteiger partial charge in [0.2, 0.25) is 0 Å². The maximum Gasteiger partial charge on any atom is 0.0991 e. The molecule has 104 valence electrons. The molecule has 1 N–H and O–H groups in total. The molecule has 1 unspecified atom stereocenters. The Balaban J connectivity index is 1.97. The molecule has 0 amide bonds. The number of hydrogen-bond donors (Lipinski definition) is 1. The van der Waals surface area contributed by atoms with Crippen molar-refractivity contribution in [3.63, 3.8) is 0 Å². The summed E-state index contributed by atoms with van der Waals surface area (Å²) in [5.41, 5.74) is 1.50. The van der Waals surface area contributed by atoms with Crippen molar-refractivity contribution in [2.75, 3.05) is 0 Å². The molecule has 3 aromatic rings. The van der Waals surface area contributed by atoms with E-state index in [4.69, 9.17) is 5.26 Å². The standard InChI is InChI=1S/C18H15NOS/c1-18(20,15-6-4-5-13(9-15)11-19)10-14-12-21-17-8-3-2-7-16(14)17/h2-9,12,20H,10H2,1H3. The Labute approximate surface area is 127 Å². The molecule has 0 spiro atoms. The number of nitrogens with zero attached hydrogens (tertiary/aromatic N) is 1. The van der Waals surface area contributed by atoms with Crippen LogP contribution in [0, 0.1) is 11.3 Å². The lowest BCUT2D eigenvalue weighted by atomic mass is 9.88. The van der Waals surface area contributed by atoms with Crippen molar-refractivity contribution in [2.24, 2.45) is 0 Å². The van der Waals surface area contributed by atoms with Gasteiger partial charge in [0.15, 0.2) is 0 Å². The van der Waals surface area contributed by atoms with E-state index in [-0.39, 0.29) is 0 Å². The van der Waals surface area contributed by atoms with Gasteiger partial charge in [-0.2, -0.15) is 5.26 Å². The van der Waals surface area contributed by atoms with Gasteiger partial charge in [0.05, 0.1) is 17.2 Å². The predicted octanol–water partition coefficient (Wildman–Crippen LogP) is 4.22. The van der Waals surface area contributed by atoms with Crippen LogP contribution in [0.15, 0.2) is 53.9 Å². The fourth-order valence-corrected chi connectivity index (χ4v) is 3.53. The summed E-state index contributed by atoms with van der Waals surface area (Å²) in [6, 6.07) is 17.5. The lowest BCUT2D eigenvalue weighted by Gasteiger charge is -2.24. The van der Waals surface area contributed by atoms with E-state index in [0.29, 0.717) is 12.0 Å². The van der Waals surface area contributed by atoms with Gasteiger partial charge in [-0.15, -0.1) is 11.3 Å². The average molecular weight is 293 g/mol. The predicted molar refractivity (Wildman–Crippen MR) is 86.3 cm³/mol. The van der Waals surface area contributed by atoms with Gasteiger partial charge in [-0.25, -0.2) is 0 Å². The number of hydrogen-bond acceptors (Lipinski definition) is 3. The molecule has 0 saturated heterocycles. The van der Waals surface area contributed by atoms with E-state index in [1.54, 1.807) is 30.4 Å². The average Bonchev–Trinajstić information content (AvgIpc) is 2.90. The molecule has 1 aromatic heterocycles. The molecule has 21 heavy (non-hydrogen) atoms. The van der Waals surface area contributed by atoms with E-state index in [1.165, 1.54) is 10.1 Å². The van der Waals surface area contributed by atoms with Crippen LogP contribution in [0.25, 0.3) is 10.1 Å². The monoisotopic (exact) mass is 293 g/mol. The van der Waals surface area contributed by atoms with E-state index in [2.05, 4.69) is 23.6 Å². The maximum absolute atomic E-state index is 10.8. The molecule has 3 rings (SSSR count). The summed E-state index contributed by atoms with van der Waals surface area (Å²) in [4.78, 5) is 0. The van der Waals surface area contributed by atoms with Crippen LogP contribution in [0.4, 0.5) is 0 Å². The van der Waals surface area contributed by atoms with Crippen molar-refractivity contribution in [1.82, 2.24) is 0 Å². The Morgan fingerprint density at radius 1 is 1.19 bits per heavy atom. The first kappa shape index (κ1) is 13.8. The second kappa shape index (κ2) is 5.33. The minimum atomic E-state index is -0.989. The third kappa shape index (κ3) is 2.69. The molecular weight excluding hydrogens is 278 g/mol. The summed E-state index contributed by atoms with van der Waals surface area (Å²) >= 11 is 1.69. The van der Waals surface area contributed by atoms with Crippen LogP contribution in [0.3, 0.4) is 0 Å². The highest BCUT2D eigenvalue weighted by molar-refractivity contribution is 7.17. The first-order valence-electron chi connectivity index (χ1n) is 6.78. The fourth-order valence-electron chi connectivity index (χ4n) is 2.57. The fraction of sp³-hybridized carbons (Fsp3) is 0.167. The number of fused-ring (bicyclic) bond motifs is 1. The zero-order valence-electron chi connectivity index (χ0n) is 11.7. The number of benzene rings is 2. The number of thiophene rings is 1. The zero-order chi connectivity index (χ0) is 14.9. The molecule has 0 bridgehead atoms. The van der Waals surface area contributed by atoms with Crippen LogP contribution >= 0.6 is 11.3 Å². The minimum Gasteiger partial charge on any atom is -0.385 e. The maximum atomic E-state index is 10.8. The summed E-state index contributed by atoms with van der Waals surface area (Å²) in [5.74, 6) is 0. The van der Waals surface area contributed by atoms with Gasteiger partial charge >= 0.3 is 0 Å². The largest absolute Gasteiger partial charge is 0.385 e. The Morgan fingerprint density at radius 2 is 2.00 bits per heavy atom. The molecule has 0 radical (unpaired) electrons. The van der Waals surface area contributed by atoms with Gasteiger partial charge in [0.25, 0.3) is 0 Å². The van der Waals surface area contributed by atoms with Gasteiger partial charge in [-0.05, 0) is 47.0 Å². The van der Waals surface area contributed by atoms with Gasteiger partial charge in [-0.3, -0.25) is 0 Å². The van der Waals surface area contributed by atoms with Crippen LogP contribution in [-0.2, 0) is 12.0 Å². The SMILES string of the molecule is CC(O)(Cc1csc2ccccc12)c1cccc(C#N)c1. The third-order valence-electron chi connectivity index (χ3n) is 3.71. The highest BCUT2D eigenvalue weighted by atomic mass is 32.1. The van der Waals surface area contributed by atoms with Crippen molar-refractivity contribution in [1.29, 1.82) is 5.26 Å². The summed E-state index contributed by atoms with van der Waals surface area (Å²) < 4.78 is 1.23. The van der Waals surface area contributed by atoms with E-state index in [1.807, 2.05) is 24.3 Å². The molecule has 0 aliphatic rings. The van der Waals surface area contributed by atoms with Crippen molar-refractivity contribution >= 4 is 21.4 Å². The quantitative estimate of drug-likeness (QED) is 0.785. The van der Waals surface area contributed by atoms with Gasteiger partial charge in [-0.1, -0.05) is 30.3 Å². The van der Waals surface area contributed by atoms with Gasteiger partial charge < -0.3 is 5.11 Å². The molecule has 0 fully saturated rings. The number of nitriles is 1. The normalized spacial score (nSPS) is 13.8. The van der Waals surface area contributed by atoms with Gasteiger partial charge in [0, 0.05) is 11.1 Å². The molecule has 3 heteroatoms. The van der Waals surface area contributed by atoms with Crippen LogP contribution in [0.5, 0.6) is 0 Å². The highest BCUT2D eigenvalue weighted by Gasteiger charge is 2.25. The second-order valence-corrected chi connectivity index (χ2v) is 6.31. The van der Waals surface area contributed by atoms with E-state index in [0.717, 1.165) is 11.1 Å². The molecular formula is C18H15NOS. The van der Waals surface area contributed by atoms with Crippen LogP contribution in [-0.4, -0.2) is 5.11 Å². The van der Waals surface area contributed by atoms with E-state index in [9.17, 15) is 5.11 Å². The molecule has 2 aromatic carbocycles. The van der Waals surface area contributed by atoms with Gasteiger partial charge in [0.1, 0.15) is 0 Å². The minimum absolute atomic E-state index is 0.534. The Bertz CT molecular complexity index is 826. The Morgan fingerprint density at radius 3 is 2.81 bits per heavy atom. The van der Waals surface area contributed by atoms with E-state index >= 15 is 0 Å². The van der Waals surface area contributed by atoms with Crippen LogP contribution in [0.2, 0.25) is 0 Å². The molecule has 2 nitrogen and oxygen atoms in total. The van der Waals surface area contributed by atoms with Crippen molar-refractivity contribution in [3.05, 3.63) is 70.6 Å². The number of rotatable bonds is 3. The van der Waals surface area contributed by atoms with Crippen molar-refractivity contribution in [3.8, 4) is 6.07 Å². The van der Waals surface area contributed by atoms with Crippen molar-refractivity contribution < 1.29 is 5.11 Å². The highest BCUT2D eigenvalue weighted by Crippen LogP contribution is 2.32. The lowest BCUT2D eigenvalue weighted by molar-refractivity contribution is 0.0580. The lowest BCUT2D eigenvalue weighted by Crippen LogP contribution is -2.24. The molecule has 1 atom stereocenters. The smallest absolute Gasteiger partial charge is 0.0991 e. The van der Waals surface area contributed by atoms with Crippen molar-refractivity contribution in [2.45, 2.75) is 18.9 Å². The molecule has 0 aliphatic heterocycles.